The number of carbonyl (C=O) groups is 2. The van der Waals surface area contributed by atoms with Gasteiger partial charge >= 0.3 is 11.9 Å². The van der Waals surface area contributed by atoms with Crippen LogP contribution in [0, 0.1) is 0 Å². The van der Waals surface area contributed by atoms with Gasteiger partial charge in [0.1, 0.15) is 6.61 Å². The van der Waals surface area contributed by atoms with Crippen molar-refractivity contribution in [2.45, 2.75) is 187 Å². The highest BCUT2D eigenvalue weighted by molar-refractivity contribution is 5.70. The molecule has 54 heavy (non-hydrogen) atoms. The van der Waals surface area contributed by atoms with E-state index in [9.17, 15) is 14.7 Å². The zero-order valence-corrected chi connectivity index (χ0v) is 34.7. The van der Waals surface area contributed by atoms with Gasteiger partial charge in [-0.1, -0.05) is 188 Å². The lowest BCUT2D eigenvalue weighted by Gasteiger charge is -2.15. The first-order valence-electron chi connectivity index (χ1n) is 21.8. The zero-order valence-electron chi connectivity index (χ0n) is 34.7. The van der Waals surface area contributed by atoms with Crippen molar-refractivity contribution >= 4 is 11.9 Å². The van der Waals surface area contributed by atoms with Crippen LogP contribution in [0.1, 0.15) is 181 Å². The van der Waals surface area contributed by atoms with Crippen LogP contribution in [0.2, 0.25) is 0 Å². The van der Waals surface area contributed by atoms with Crippen molar-refractivity contribution in [3.8, 4) is 0 Å². The summed E-state index contributed by atoms with van der Waals surface area (Å²) in [7, 11) is 0. The molecule has 5 nitrogen and oxygen atoms in total. The maximum Gasteiger partial charge on any atom is 0.306 e. The van der Waals surface area contributed by atoms with Crippen molar-refractivity contribution in [3.05, 3.63) is 97.2 Å². The van der Waals surface area contributed by atoms with Crippen molar-refractivity contribution in [1.29, 1.82) is 0 Å². The predicted molar refractivity (Wildman–Crippen MR) is 232 cm³/mol. The quantitative estimate of drug-likeness (QED) is 0.0387. The van der Waals surface area contributed by atoms with E-state index in [1.807, 2.05) is 0 Å². The number of allylic oxidation sites excluding steroid dienone is 16. The van der Waals surface area contributed by atoms with E-state index in [0.717, 1.165) is 103 Å². The third-order valence-electron chi connectivity index (χ3n) is 8.89. The molecule has 0 aliphatic heterocycles. The molecule has 0 aromatic carbocycles. The van der Waals surface area contributed by atoms with Gasteiger partial charge in [-0.2, -0.15) is 0 Å². The molecule has 0 amide bonds. The number of hydrogen-bond acceptors (Lipinski definition) is 5. The van der Waals surface area contributed by atoms with Crippen molar-refractivity contribution in [2.75, 3.05) is 13.2 Å². The minimum Gasteiger partial charge on any atom is -0.462 e. The van der Waals surface area contributed by atoms with E-state index >= 15 is 0 Å². The number of ether oxygens (including phenoxy) is 2. The Morgan fingerprint density at radius 1 is 0.444 bits per heavy atom. The molecule has 0 rings (SSSR count). The Morgan fingerprint density at radius 3 is 1.20 bits per heavy atom. The van der Waals surface area contributed by atoms with Crippen LogP contribution in [0.4, 0.5) is 0 Å². The number of aliphatic hydroxyl groups is 1. The standard InChI is InChI=1S/C49H80O5/c1-3-5-7-9-11-13-15-16-17-18-19-20-21-22-23-24-25-26-27-28-29-30-31-32-34-36-38-40-42-44-49(52)54-47(45-50)46-53-48(51)43-41-39-37-35-33-14-12-10-8-6-4-2/h5,7,11,13,16-17,19-20,22-23,25-26,28-29,31-32,47,50H,3-4,6,8-10,12,14-15,18,21,24,27,30,33-46H2,1-2H3/b7-5-,13-11-,17-16-,20-19-,23-22-,26-25-,29-28-,32-31-. The van der Waals surface area contributed by atoms with Gasteiger partial charge < -0.3 is 14.6 Å². The number of esters is 2. The summed E-state index contributed by atoms with van der Waals surface area (Å²) in [5.74, 6) is -0.627. The molecule has 0 aliphatic rings. The molecule has 0 radical (unpaired) electrons. The van der Waals surface area contributed by atoms with Crippen LogP contribution in [-0.2, 0) is 19.1 Å². The number of unbranched alkanes of at least 4 members (excludes halogenated alkanes) is 14. The average molecular weight is 749 g/mol. The Kier molecular flexibility index (Phi) is 41.6. The Labute approximate surface area is 332 Å². The predicted octanol–water partition coefficient (Wildman–Crippen LogP) is 14.1. The number of carbonyl (C=O) groups excluding carboxylic acids is 2. The molecule has 0 bridgehead atoms. The van der Waals surface area contributed by atoms with Gasteiger partial charge in [0, 0.05) is 12.8 Å². The number of aliphatic hydroxyl groups excluding tert-OH is 1. The van der Waals surface area contributed by atoms with Gasteiger partial charge in [0.25, 0.3) is 0 Å². The second-order valence-electron chi connectivity index (χ2n) is 14.0. The molecular weight excluding hydrogens is 669 g/mol. The van der Waals surface area contributed by atoms with Gasteiger partial charge in [-0.05, 0) is 77.0 Å². The number of hydrogen-bond donors (Lipinski definition) is 1. The third-order valence-corrected chi connectivity index (χ3v) is 8.89. The molecule has 0 aliphatic carbocycles. The van der Waals surface area contributed by atoms with E-state index in [1.165, 1.54) is 51.4 Å². The summed E-state index contributed by atoms with van der Waals surface area (Å²) in [6, 6.07) is 0. The summed E-state index contributed by atoms with van der Waals surface area (Å²) < 4.78 is 10.6. The lowest BCUT2D eigenvalue weighted by Crippen LogP contribution is -2.28. The van der Waals surface area contributed by atoms with Crippen LogP contribution in [0.25, 0.3) is 0 Å². The van der Waals surface area contributed by atoms with E-state index in [-0.39, 0.29) is 25.2 Å². The summed E-state index contributed by atoms with van der Waals surface area (Å²) in [5.41, 5.74) is 0. The molecule has 0 saturated heterocycles. The summed E-state index contributed by atoms with van der Waals surface area (Å²) in [4.78, 5) is 24.2. The smallest absolute Gasteiger partial charge is 0.306 e. The molecule has 1 atom stereocenters. The Balaban J connectivity index is 3.67. The highest BCUT2D eigenvalue weighted by atomic mass is 16.6. The van der Waals surface area contributed by atoms with Crippen LogP contribution in [-0.4, -0.2) is 36.4 Å². The highest BCUT2D eigenvalue weighted by Gasteiger charge is 2.16. The van der Waals surface area contributed by atoms with Crippen molar-refractivity contribution in [1.82, 2.24) is 0 Å². The second kappa shape index (κ2) is 44.2. The molecule has 0 saturated carbocycles. The molecule has 1 N–H and O–H groups in total. The normalized spacial score (nSPS) is 13.2. The fourth-order valence-corrected chi connectivity index (χ4v) is 5.63. The molecule has 0 heterocycles. The third kappa shape index (κ3) is 41.6. The monoisotopic (exact) mass is 749 g/mol. The summed E-state index contributed by atoms with van der Waals surface area (Å²) in [5, 5.41) is 9.56. The first-order chi connectivity index (χ1) is 26.6. The van der Waals surface area contributed by atoms with Gasteiger partial charge in [0.2, 0.25) is 0 Å². The van der Waals surface area contributed by atoms with Crippen LogP contribution in [0.15, 0.2) is 97.2 Å². The molecular formula is C49H80O5. The van der Waals surface area contributed by atoms with Crippen LogP contribution < -0.4 is 0 Å². The molecule has 0 aromatic heterocycles. The fourth-order valence-electron chi connectivity index (χ4n) is 5.63. The van der Waals surface area contributed by atoms with Crippen LogP contribution in [0.3, 0.4) is 0 Å². The van der Waals surface area contributed by atoms with Crippen LogP contribution >= 0.6 is 0 Å². The maximum absolute atomic E-state index is 12.2. The van der Waals surface area contributed by atoms with Crippen molar-refractivity contribution < 1.29 is 24.2 Å². The zero-order chi connectivity index (χ0) is 39.3. The average Bonchev–Trinajstić information content (AvgIpc) is 3.17. The highest BCUT2D eigenvalue weighted by Crippen LogP contribution is 2.13. The lowest BCUT2D eigenvalue weighted by atomic mass is 10.1. The Morgan fingerprint density at radius 2 is 0.796 bits per heavy atom. The minimum atomic E-state index is -0.788. The molecule has 0 fully saturated rings. The van der Waals surface area contributed by atoms with E-state index in [2.05, 4.69) is 111 Å². The van der Waals surface area contributed by atoms with Crippen LogP contribution in [0.5, 0.6) is 0 Å². The van der Waals surface area contributed by atoms with Gasteiger partial charge in [-0.25, -0.2) is 0 Å². The number of rotatable bonds is 38. The first-order valence-corrected chi connectivity index (χ1v) is 21.8. The van der Waals surface area contributed by atoms with Gasteiger partial charge in [-0.3, -0.25) is 9.59 Å². The SMILES string of the molecule is CC/C=C\C/C=C\C/C=C\C/C=C\C/C=C\C/C=C\C/C=C\C/C=C\CCCCCCC(=O)OC(CO)COC(=O)CCCCCCCCCCCCC. The fraction of sp³-hybridized carbons (Fsp3) is 0.633. The summed E-state index contributed by atoms with van der Waals surface area (Å²) >= 11 is 0. The molecule has 5 heteroatoms. The van der Waals surface area contributed by atoms with Crippen molar-refractivity contribution in [3.63, 3.8) is 0 Å². The Hall–Kier alpha value is -3.18. The molecule has 0 aromatic rings. The second-order valence-corrected chi connectivity index (χ2v) is 14.0. The Bertz CT molecular complexity index is 1070. The lowest BCUT2D eigenvalue weighted by molar-refractivity contribution is -0.161. The summed E-state index contributed by atoms with van der Waals surface area (Å²) in [6.45, 7) is 3.98. The van der Waals surface area contributed by atoms with E-state index < -0.39 is 6.10 Å². The van der Waals surface area contributed by atoms with E-state index in [4.69, 9.17) is 9.47 Å². The topological polar surface area (TPSA) is 72.8 Å². The minimum absolute atomic E-state index is 0.0802. The van der Waals surface area contributed by atoms with E-state index in [1.54, 1.807) is 0 Å². The van der Waals surface area contributed by atoms with Gasteiger partial charge in [0.15, 0.2) is 6.10 Å². The largest absolute Gasteiger partial charge is 0.462 e. The molecule has 0 spiro atoms. The summed E-state index contributed by atoms with van der Waals surface area (Å²) in [6.07, 6.45) is 61.9. The molecule has 306 valence electrons. The molecule has 1 unspecified atom stereocenters. The van der Waals surface area contributed by atoms with Crippen molar-refractivity contribution in [2.24, 2.45) is 0 Å². The van der Waals surface area contributed by atoms with Gasteiger partial charge in [0.05, 0.1) is 6.61 Å². The maximum atomic E-state index is 12.2. The first kappa shape index (κ1) is 50.8. The van der Waals surface area contributed by atoms with E-state index in [0.29, 0.717) is 12.8 Å². The van der Waals surface area contributed by atoms with Gasteiger partial charge in [-0.15, -0.1) is 0 Å².